The topological polar surface area (TPSA) is 50.8 Å². The van der Waals surface area contributed by atoms with Crippen molar-refractivity contribution < 1.29 is 4.74 Å². The van der Waals surface area contributed by atoms with Gasteiger partial charge in [0.2, 0.25) is 0 Å². The summed E-state index contributed by atoms with van der Waals surface area (Å²) in [4.78, 5) is 6.86. The predicted molar refractivity (Wildman–Crippen MR) is 81.1 cm³/mol. The maximum Gasteiger partial charge on any atom is 0.192 e. The minimum atomic E-state index is -0.0139. The van der Waals surface area contributed by atoms with E-state index in [0.717, 1.165) is 38.1 Å². The van der Waals surface area contributed by atoms with Gasteiger partial charge in [-0.2, -0.15) is 0 Å². The highest BCUT2D eigenvalue weighted by molar-refractivity contribution is 5.81. The number of benzene rings is 1. The number of ether oxygens (including phenoxy) is 1. The Morgan fingerprint density at radius 1 is 1.45 bits per heavy atom. The van der Waals surface area contributed by atoms with Crippen LogP contribution in [-0.2, 0) is 12.0 Å². The molecule has 1 spiro atoms. The van der Waals surface area contributed by atoms with Crippen LogP contribution in [0.5, 0.6) is 5.75 Å². The van der Waals surface area contributed by atoms with E-state index in [0.29, 0.717) is 5.96 Å². The molecule has 1 aromatic rings. The lowest BCUT2D eigenvalue weighted by molar-refractivity contribution is 0.172. The molecule has 2 N–H and O–H groups in total. The SMILES string of the molecule is CCCN1C(N)=NCC12CCCc1cc(OC)ccc12. The molecule has 0 bridgehead atoms. The molecule has 4 nitrogen and oxygen atoms in total. The molecule has 1 atom stereocenters. The van der Waals surface area contributed by atoms with Crippen molar-refractivity contribution in [2.24, 2.45) is 10.7 Å². The third-order valence-corrected chi connectivity index (χ3v) is 4.59. The Kier molecular flexibility index (Phi) is 3.32. The highest BCUT2D eigenvalue weighted by Gasteiger charge is 2.45. The summed E-state index contributed by atoms with van der Waals surface area (Å²) >= 11 is 0. The van der Waals surface area contributed by atoms with E-state index in [1.54, 1.807) is 7.11 Å². The Balaban J connectivity index is 2.05. The zero-order chi connectivity index (χ0) is 14.2. The summed E-state index contributed by atoms with van der Waals surface area (Å²) in [5, 5.41) is 0. The van der Waals surface area contributed by atoms with Gasteiger partial charge in [-0.25, -0.2) is 0 Å². The molecular formula is C16H23N3O. The van der Waals surface area contributed by atoms with Crippen LogP contribution in [0.1, 0.15) is 37.3 Å². The average molecular weight is 273 g/mol. The first-order valence-electron chi connectivity index (χ1n) is 7.46. The number of nitrogens with two attached hydrogens (primary N) is 1. The average Bonchev–Trinajstić information content (AvgIpc) is 2.78. The number of hydrogen-bond acceptors (Lipinski definition) is 4. The number of hydrogen-bond donors (Lipinski definition) is 1. The fraction of sp³-hybridized carbons (Fsp3) is 0.562. The Bertz CT molecular complexity index is 541. The van der Waals surface area contributed by atoms with Crippen LogP contribution < -0.4 is 10.5 Å². The number of guanidine groups is 1. The molecule has 0 amide bonds. The highest BCUT2D eigenvalue weighted by atomic mass is 16.5. The van der Waals surface area contributed by atoms with Crippen LogP contribution in [0.25, 0.3) is 0 Å². The first kappa shape index (κ1) is 13.3. The maximum atomic E-state index is 6.14. The monoisotopic (exact) mass is 273 g/mol. The van der Waals surface area contributed by atoms with Gasteiger partial charge in [-0.05, 0) is 48.9 Å². The first-order chi connectivity index (χ1) is 9.71. The minimum absolute atomic E-state index is 0.0139. The number of methoxy groups -OCH3 is 1. The van der Waals surface area contributed by atoms with Crippen LogP contribution in [0.4, 0.5) is 0 Å². The summed E-state index contributed by atoms with van der Waals surface area (Å²) in [6, 6.07) is 6.45. The molecule has 1 aliphatic carbocycles. The van der Waals surface area contributed by atoms with E-state index >= 15 is 0 Å². The summed E-state index contributed by atoms with van der Waals surface area (Å²) in [6.07, 6.45) is 4.53. The van der Waals surface area contributed by atoms with E-state index in [9.17, 15) is 0 Å². The second-order valence-corrected chi connectivity index (χ2v) is 5.73. The van der Waals surface area contributed by atoms with Gasteiger partial charge >= 0.3 is 0 Å². The molecule has 1 aliphatic heterocycles. The van der Waals surface area contributed by atoms with Crippen LogP contribution in [-0.4, -0.2) is 31.1 Å². The van der Waals surface area contributed by atoms with E-state index in [1.807, 2.05) is 0 Å². The number of aryl methyl sites for hydroxylation is 1. The number of fused-ring (bicyclic) bond motifs is 2. The molecule has 4 heteroatoms. The lowest BCUT2D eigenvalue weighted by Gasteiger charge is -2.43. The third kappa shape index (κ3) is 1.86. The van der Waals surface area contributed by atoms with Gasteiger partial charge < -0.3 is 15.4 Å². The van der Waals surface area contributed by atoms with Gasteiger partial charge in [0.25, 0.3) is 0 Å². The van der Waals surface area contributed by atoms with Crippen LogP contribution in [0, 0.1) is 0 Å². The maximum absolute atomic E-state index is 6.14. The van der Waals surface area contributed by atoms with Crippen molar-refractivity contribution in [1.29, 1.82) is 0 Å². The van der Waals surface area contributed by atoms with E-state index in [1.165, 1.54) is 17.5 Å². The Morgan fingerprint density at radius 2 is 2.30 bits per heavy atom. The standard InChI is InChI=1S/C16H23N3O/c1-3-9-19-15(17)18-11-16(19)8-4-5-12-10-13(20-2)6-7-14(12)16/h6-7,10H,3-5,8-9,11H2,1-2H3,(H2,17,18). The van der Waals surface area contributed by atoms with Crippen molar-refractivity contribution in [2.45, 2.75) is 38.1 Å². The van der Waals surface area contributed by atoms with Gasteiger partial charge in [-0.3, -0.25) is 4.99 Å². The van der Waals surface area contributed by atoms with E-state index in [4.69, 9.17) is 10.5 Å². The fourth-order valence-electron chi connectivity index (χ4n) is 3.66. The molecular weight excluding hydrogens is 250 g/mol. The van der Waals surface area contributed by atoms with Crippen LogP contribution >= 0.6 is 0 Å². The Labute approximate surface area is 120 Å². The summed E-state index contributed by atoms with van der Waals surface area (Å²) in [5.41, 5.74) is 8.90. The van der Waals surface area contributed by atoms with Crippen molar-refractivity contribution >= 4 is 5.96 Å². The van der Waals surface area contributed by atoms with Crippen molar-refractivity contribution in [1.82, 2.24) is 4.90 Å². The van der Waals surface area contributed by atoms with Gasteiger partial charge in [-0.15, -0.1) is 0 Å². The Morgan fingerprint density at radius 3 is 3.05 bits per heavy atom. The van der Waals surface area contributed by atoms with Crippen LogP contribution in [0.15, 0.2) is 23.2 Å². The Hall–Kier alpha value is -1.71. The third-order valence-electron chi connectivity index (χ3n) is 4.59. The molecule has 3 rings (SSSR count). The number of rotatable bonds is 3. The van der Waals surface area contributed by atoms with Gasteiger partial charge in [0.1, 0.15) is 5.75 Å². The molecule has 0 saturated heterocycles. The highest BCUT2D eigenvalue weighted by Crippen LogP contribution is 2.43. The number of aliphatic imine (C=N–C) groups is 1. The molecule has 0 aromatic heterocycles. The zero-order valence-corrected chi connectivity index (χ0v) is 12.4. The van der Waals surface area contributed by atoms with Gasteiger partial charge in [0.05, 0.1) is 19.2 Å². The molecule has 1 aromatic carbocycles. The van der Waals surface area contributed by atoms with E-state index in [2.05, 4.69) is 35.0 Å². The van der Waals surface area contributed by atoms with Crippen molar-refractivity contribution in [2.75, 3.05) is 20.2 Å². The van der Waals surface area contributed by atoms with Crippen LogP contribution in [0.3, 0.4) is 0 Å². The summed E-state index contributed by atoms with van der Waals surface area (Å²) in [7, 11) is 1.72. The van der Waals surface area contributed by atoms with Crippen molar-refractivity contribution in [3.63, 3.8) is 0 Å². The van der Waals surface area contributed by atoms with Crippen molar-refractivity contribution in [3.8, 4) is 5.75 Å². The zero-order valence-electron chi connectivity index (χ0n) is 12.4. The van der Waals surface area contributed by atoms with E-state index in [-0.39, 0.29) is 5.54 Å². The van der Waals surface area contributed by atoms with Gasteiger partial charge in [0.15, 0.2) is 5.96 Å². The first-order valence-corrected chi connectivity index (χ1v) is 7.46. The predicted octanol–water partition coefficient (Wildman–Crippen LogP) is 2.27. The lowest BCUT2D eigenvalue weighted by Crippen LogP contribution is -2.51. The second-order valence-electron chi connectivity index (χ2n) is 5.73. The largest absolute Gasteiger partial charge is 0.497 e. The quantitative estimate of drug-likeness (QED) is 0.919. The second kappa shape index (κ2) is 5.00. The molecule has 1 heterocycles. The smallest absolute Gasteiger partial charge is 0.192 e. The molecule has 0 saturated carbocycles. The normalized spacial score (nSPS) is 24.7. The minimum Gasteiger partial charge on any atom is -0.497 e. The lowest BCUT2D eigenvalue weighted by atomic mass is 9.75. The molecule has 108 valence electrons. The van der Waals surface area contributed by atoms with Crippen molar-refractivity contribution in [3.05, 3.63) is 29.3 Å². The van der Waals surface area contributed by atoms with E-state index < -0.39 is 0 Å². The summed E-state index contributed by atoms with van der Waals surface area (Å²) < 4.78 is 5.36. The summed E-state index contributed by atoms with van der Waals surface area (Å²) in [6.45, 7) is 3.95. The fourth-order valence-corrected chi connectivity index (χ4v) is 3.66. The number of nitrogens with zero attached hydrogens (tertiary/aromatic N) is 2. The van der Waals surface area contributed by atoms with Gasteiger partial charge in [-0.1, -0.05) is 13.0 Å². The summed E-state index contributed by atoms with van der Waals surface area (Å²) in [5.74, 6) is 1.64. The molecule has 0 fully saturated rings. The molecule has 0 radical (unpaired) electrons. The molecule has 20 heavy (non-hydrogen) atoms. The molecule has 1 unspecified atom stereocenters. The molecule has 2 aliphatic rings. The van der Waals surface area contributed by atoms with Crippen LogP contribution in [0.2, 0.25) is 0 Å². The van der Waals surface area contributed by atoms with Gasteiger partial charge in [0, 0.05) is 6.54 Å².